The van der Waals surface area contributed by atoms with E-state index in [-0.39, 0.29) is 23.7 Å². The highest BCUT2D eigenvalue weighted by Crippen LogP contribution is 2.29. The number of nitrogens with one attached hydrogen (secondary N) is 2. The Bertz CT molecular complexity index is 595. The van der Waals surface area contributed by atoms with Gasteiger partial charge < -0.3 is 15.4 Å². The van der Waals surface area contributed by atoms with Crippen molar-refractivity contribution in [3.8, 4) is 5.75 Å². The van der Waals surface area contributed by atoms with Crippen molar-refractivity contribution in [3.05, 3.63) is 29.8 Å². The van der Waals surface area contributed by atoms with E-state index in [2.05, 4.69) is 17.6 Å². The van der Waals surface area contributed by atoms with Crippen LogP contribution in [0.5, 0.6) is 5.75 Å². The minimum Gasteiger partial charge on any atom is -0.496 e. The van der Waals surface area contributed by atoms with Gasteiger partial charge in [0.1, 0.15) is 5.75 Å². The molecule has 1 fully saturated rings. The van der Waals surface area contributed by atoms with Gasteiger partial charge in [-0.3, -0.25) is 9.59 Å². The first-order valence-corrected chi connectivity index (χ1v) is 10.3. The summed E-state index contributed by atoms with van der Waals surface area (Å²) >= 11 is 0. The molecular formula is C22H34N2O3. The summed E-state index contributed by atoms with van der Waals surface area (Å²) in [5, 5.41) is 6.09. The Morgan fingerprint density at radius 1 is 0.963 bits per heavy atom. The second-order valence-electron chi connectivity index (χ2n) is 7.40. The zero-order valence-electron chi connectivity index (χ0n) is 16.8. The van der Waals surface area contributed by atoms with Crippen LogP contribution in [0.3, 0.4) is 0 Å². The van der Waals surface area contributed by atoms with Crippen LogP contribution in [0.1, 0.15) is 57.4 Å². The van der Waals surface area contributed by atoms with Crippen molar-refractivity contribution in [2.24, 2.45) is 11.8 Å². The summed E-state index contributed by atoms with van der Waals surface area (Å²) in [6, 6.07) is 7.88. The predicted molar refractivity (Wildman–Crippen MR) is 108 cm³/mol. The van der Waals surface area contributed by atoms with Gasteiger partial charge in [0.05, 0.1) is 7.11 Å². The number of hydrogen-bond acceptors (Lipinski definition) is 3. The number of ether oxygens (including phenoxy) is 1. The Kier molecular flexibility index (Phi) is 9.16. The van der Waals surface area contributed by atoms with Crippen LogP contribution in [0.15, 0.2) is 24.3 Å². The molecule has 1 aliphatic carbocycles. The third-order valence-corrected chi connectivity index (χ3v) is 5.43. The van der Waals surface area contributed by atoms with Crippen LogP contribution in [-0.4, -0.2) is 32.0 Å². The van der Waals surface area contributed by atoms with Crippen LogP contribution in [-0.2, 0) is 16.0 Å². The van der Waals surface area contributed by atoms with E-state index in [1.807, 2.05) is 24.3 Å². The molecule has 0 spiro atoms. The average Bonchev–Trinajstić information content (AvgIpc) is 2.71. The van der Waals surface area contributed by atoms with Crippen molar-refractivity contribution in [2.75, 3.05) is 20.2 Å². The molecule has 0 heterocycles. The number of benzene rings is 1. The number of methoxy groups -OCH3 is 1. The number of carbonyl (C=O) groups is 2. The molecule has 0 radical (unpaired) electrons. The lowest BCUT2D eigenvalue weighted by atomic mass is 9.81. The van der Waals surface area contributed by atoms with E-state index in [0.717, 1.165) is 69.2 Å². The summed E-state index contributed by atoms with van der Waals surface area (Å²) in [4.78, 5) is 24.6. The Hall–Kier alpha value is -2.04. The standard InChI is InChI=1S/C22H34N2O3/c1-3-4-7-15-23-21(25)18-10-12-19(13-11-18)22(26)24-16-14-17-8-5-6-9-20(17)27-2/h5-6,8-9,18-19H,3-4,7,10-16H2,1-2H3,(H,23,25)(H,24,26). The molecule has 1 saturated carbocycles. The van der Waals surface area contributed by atoms with Crippen LogP contribution < -0.4 is 15.4 Å². The molecule has 0 bridgehead atoms. The van der Waals surface area contributed by atoms with Crippen LogP contribution in [0, 0.1) is 11.8 Å². The van der Waals surface area contributed by atoms with Crippen LogP contribution in [0.2, 0.25) is 0 Å². The molecule has 1 aromatic rings. The zero-order chi connectivity index (χ0) is 19.5. The molecule has 2 N–H and O–H groups in total. The average molecular weight is 375 g/mol. The number of rotatable bonds is 10. The van der Waals surface area contributed by atoms with E-state index in [1.54, 1.807) is 7.11 Å². The Labute approximate surface area is 163 Å². The smallest absolute Gasteiger partial charge is 0.223 e. The van der Waals surface area contributed by atoms with Crippen molar-refractivity contribution in [1.29, 1.82) is 0 Å². The van der Waals surface area contributed by atoms with Crippen LogP contribution in [0.25, 0.3) is 0 Å². The first-order chi connectivity index (χ1) is 13.2. The Balaban J connectivity index is 1.66. The number of unbranched alkanes of at least 4 members (excludes halogenated alkanes) is 2. The van der Waals surface area contributed by atoms with E-state index in [4.69, 9.17) is 4.74 Å². The molecule has 0 aliphatic heterocycles. The molecule has 2 rings (SSSR count). The molecule has 0 unspecified atom stereocenters. The molecule has 2 amide bonds. The SMILES string of the molecule is CCCCCNC(=O)C1CCC(C(=O)NCCc2ccccc2OC)CC1. The lowest BCUT2D eigenvalue weighted by Crippen LogP contribution is -2.38. The van der Waals surface area contributed by atoms with Crippen LogP contribution >= 0.6 is 0 Å². The Morgan fingerprint density at radius 2 is 1.56 bits per heavy atom. The lowest BCUT2D eigenvalue weighted by molar-refractivity contribution is -0.130. The normalized spacial score (nSPS) is 19.3. The fourth-order valence-electron chi connectivity index (χ4n) is 3.72. The van der Waals surface area contributed by atoms with E-state index in [0.29, 0.717) is 6.54 Å². The van der Waals surface area contributed by atoms with Gasteiger partial charge in [-0.25, -0.2) is 0 Å². The highest BCUT2D eigenvalue weighted by Gasteiger charge is 2.29. The second kappa shape index (κ2) is 11.6. The molecule has 5 nitrogen and oxygen atoms in total. The van der Waals surface area contributed by atoms with Gasteiger partial charge in [0.25, 0.3) is 0 Å². The molecule has 0 atom stereocenters. The van der Waals surface area contributed by atoms with Gasteiger partial charge in [-0.05, 0) is 50.2 Å². The van der Waals surface area contributed by atoms with Gasteiger partial charge in [0, 0.05) is 24.9 Å². The highest BCUT2D eigenvalue weighted by molar-refractivity contribution is 5.81. The van der Waals surface area contributed by atoms with E-state index >= 15 is 0 Å². The molecule has 27 heavy (non-hydrogen) atoms. The monoisotopic (exact) mass is 374 g/mol. The summed E-state index contributed by atoms with van der Waals surface area (Å²) in [7, 11) is 1.66. The van der Waals surface area contributed by atoms with Crippen LogP contribution in [0.4, 0.5) is 0 Å². The first-order valence-electron chi connectivity index (χ1n) is 10.3. The topological polar surface area (TPSA) is 67.4 Å². The zero-order valence-corrected chi connectivity index (χ0v) is 16.8. The maximum Gasteiger partial charge on any atom is 0.223 e. The second-order valence-corrected chi connectivity index (χ2v) is 7.40. The molecule has 150 valence electrons. The fraction of sp³-hybridized carbons (Fsp3) is 0.636. The summed E-state index contributed by atoms with van der Waals surface area (Å²) in [5.74, 6) is 1.25. The van der Waals surface area contributed by atoms with Gasteiger partial charge in [-0.2, -0.15) is 0 Å². The Morgan fingerprint density at radius 3 is 2.15 bits per heavy atom. The predicted octanol–water partition coefficient (Wildman–Crippen LogP) is 3.47. The van der Waals surface area contributed by atoms with E-state index < -0.39 is 0 Å². The number of hydrogen-bond donors (Lipinski definition) is 2. The van der Waals surface area contributed by atoms with E-state index in [1.165, 1.54) is 0 Å². The van der Waals surface area contributed by atoms with Crippen molar-refractivity contribution >= 4 is 11.8 Å². The number of amides is 2. The minimum atomic E-state index is 0.0341. The summed E-state index contributed by atoms with van der Waals surface area (Å²) in [6.45, 7) is 3.54. The molecule has 1 aliphatic rings. The van der Waals surface area contributed by atoms with Crippen molar-refractivity contribution in [1.82, 2.24) is 10.6 Å². The molecular weight excluding hydrogens is 340 g/mol. The largest absolute Gasteiger partial charge is 0.496 e. The quantitative estimate of drug-likeness (QED) is 0.616. The molecule has 1 aromatic carbocycles. The molecule has 5 heteroatoms. The molecule has 0 saturated heterocycles. The lowest BCUT2D eigenvalue weighted by Gasteiger charge is -2.27. The van der Waals surface area contributed by atoms with Crippen molar-refractivity contribution < 1.29 is 14.3 Å². The van der Waals surface area contributed by atoms with Gasteiger partial charge in [0.15, 0.2) is 0 Å². The number of carbonyl (C=O) groups excluding carboxylic acids is 2. The summed E-state index contributed by atoms with van der Waals surface area (Å²) in [6.07, 6.45) is 7.34. The third-order valence-electron chi connectivity index (χ3n) is 5.43. The maximum absolute atomic E-state index is 12.4. The van der Waals surface area contributed by atoms with Crippen molar-refractivity contribution in [3.63, 3.8) is 0 Å². The van der Waals surface area contributed by atoms with Gasteiger partial charge in [-0.15, -0.1) is 0 Å². The van der Waals surface area contributed by atoms with Gasteiger partial charge >= 0.3 is 0 Å². The highest BCUT2D eigenvalue weighted by atomic mass is 16.5. The fourth-order valence-corrected chi connectivity index (χ4v) is 3.72. The first kappa shape index (κ1) is 21.3. The maximum atomic E-state index is 12.4. The summed E-state index contributed by atoms with van der Waals surface area (Å²) in [5.41, 5.74) is 1.10. The van der Waals surface area contributed by atoms with Gasteiger partial charge in [0.2, 0.25) is 11.8 Å². The van der Waals surface area contributed by atoms with E-state index in [9.17, 15) is 9.59 Å². The van der Waals surface area contributed by atoms with Gasteiger partial charge in [-0.1, -0.05) is 38.0 Å². The third kappa shape index (κ3) is 6.89. The van der Waals surface area contributed by atoms with Crippen molar-refractivity contribution in [2.45, 2.75) is 58.3 Å². The summed E-state index contributed by atoms with van der Waals surface area (Å²) < 4.78 is 5.34. The molecule has 0 aromatic heterocycles. The minimum absolute atomic E-state index is 0.0341. The number of para-hydroxylation sites is 1.